The Morgan fingerprint density at radius 1 is 1.18 bits per heavy atom. The second kappa shape index (κ2) is 10.1. The van der Waals surface area contributed by atoms with Crippen molar-refractivity contribution in [3.63, 3.8) is 0 Å². The van der Waals surface area contributed by atoms with Crippen molar-refractivity contribution in [2.45, 2.75) is 71.3 Å². The molecule has 2 heterocycles. The van der Waals surface area contributed by atoms with Gasteiger partial charge in [-0.3, -0.25) is 14.6 Å². The van der Waals surface area contributed by atoms with Gasteiger partial charge in [-0.25, -0.2) is 4.98 Å². The van der Waals surface area contributed by atoms with Gasteiger partial charge in [-0.2, -0.15) is 0 Å². The molecule has 2 aromatic heterocycles. The normalized spacial score (nSPS) is 20.6. The van der Waals surface area contributed by atoms with Crippen LogP contribution >= 0.6 is 0 Å². The topological polar surface area (TPSA) is 101 Å². The van der Waals surface area contributed by atoms with Crippen molar-refractivity contribution >= 4 is 11.9 Å². The number of nitrogens with zero attached hydrogens (tertiary/aromatic N) is 2. The van der Waals surface area contributed by atoms with Gasteiger partial charge in [0.25, 0.3) is 0 Å². The molecule has 2 aliphatic rings. The molecule has 182 valence electrons. The van der Waals surface area contributed by atoms with Gasteiger partial charge in [0.2, 0.25) is 11.8 Å². The van der Waals surface area contributed by atoms with E-state index >= 15 is 0 Å². The minimum atomic E-state index is -1.19. The highest BCUT2D eigenvalue weighted by molar-refractivity contribution is 5.82. The smallest absolute Gasteiger partial charge is 0.311 e. The highest BCUT2D eigenvalue weighted by Gasteiger charge is 2.42. The Labute approximate surface area is 201 Å². The Morgan fingerprint density at radius 2 is 1.94 bits per heavy atom. The number of aromatic nitrogens is 2. The van der Waals surface area contributed by atoms with Crippen LogP contribution < -0.4 is 10.1 Å². The van der Waals surface area contributed by atoms with Crippen LogP contribution in [0.3, 0.4) is 0 Å². The largest absolute Gasteiger partial charge is 0.481 e. The summed E-state index contributed by atoms with van der Waals surface area (Å²) in [6.45, 7) is 3.25. The lowest BCUT2D eigenvalue weighted by Gasteiger charge is -2.38. The first-order valence-corrected chi connectivity index (χ1v) is 12.3. The molecule has 34 heavy (non-hydrogen) atoms. The minimum Gasteiger partial charge on any atom is -0.481 e. The lowest BCUT2D eigenvalue weighted by Crippen LogP contribution is -2.46. The summed E-state index contributed by atoms with van der Waals surface area (Å²) >= 11 is 0. The molecule has 1 unspecified atom stereocenters. The Balaban J connectivity index is 1.33. The monoisotopic (exact) mass is 465 g/mol. The lowest BCUT2D eigenvalue weighted by molar-refractivity contribution is -0.149. The van der Waals surface area contributed by atoms with Gasteiger partial charge in [0, 0.05) is 29.6 Å². The van der Waals surface area contributed by atoms with Crippen LogP contribution in [0.1, 0.15) is 74.5 Å². The van der Waals surface area contributed by atoms with E-state index in [1.807, 2.05) is 0 Å². The predicted molar refractivity (Wildman–Crippen MR) is 129 cm³/mol. The maximum absolute atomic E-state index is 13.0. The van der Waals surface area contributed by atoms with Gasteiger partial charge in [-0.15, -0.1) is 0 Å². The average molecular weight is 466 g/mol. The number of nitrogens with one attached hydrogen (secondary N) is 1. The van der Waals surface area contributed by atoms with E-state index in [-0.39, 0.29) is 11.8 Å². The molecule has 2 aliphatic carbocycles. The summed E-state index contributed by atoms with van der Waals surface area (Å²) < 4.78 is 5.10. The maximum atomic E-state index is 13.0. The number of amides is 1. The number of aryl methyl sites for hydroxylation is 3. The molecule has 7 heteroatoms. The van der Waals surface area contributed by atoms with Crippen LogP contribution in [0.2, 0.25) is 0 Å². The van der Waals surface area contributed by atoms with Gasteiger partial charge < -0.3 is 15.2 Å². The number of carboxylic acids is 1. The Bertz CT molecular complexity index is 1030. The molecular weight excluding hydrogens is 430 g/mol. The molecule has 2 aromatic rings. The van der Waals surface area contributed by atoms with Gasteiger partial charge in [0.05, 0.1) is 18.6 Å². The summed E-state index contributed by atoms with van der Waals surface area (Å²) in [5.74, 6) is -0.199. The maximum Gasteiger partial charge on any atom is 0.311 e. The van der Waals surface area contributed by atoms with E-state index in [9.17, 15) is 14.7 Å². The first-order valence-electron chi connectivity index (χ1n) is 12.3. The van der Waals surface area contributed by atoms with E-state index in [0.717, 1.165) is 44.2 Å². The Hall–Kier alpha value is -2.96. The molecule has 7 nitrogen and oxygen atoms in total. The van der Waals surface area contributed by atoms with Crippen molar-refractivity contribution < 1.29 is 19.4 Å². The standard InChI is InChI=1S/C27H35N3O4/c1-27(2,26(32)33)24(19-10-13-23(34-3)28-16-19)30-25(31)20-14-17(15-20)8-11-21-12-9-18-6-4-5-7-22(18)29-21/h9-10,12-13,16-17,20,24H,4-8,11,14-15H2,1-3H3,(H,30,31)(H,32,33). The zero-order chi connectivity index (χ0) is 24.3. The van der Waals surface area contributed by atoms with Crippen molar-refractivity contribution in [2.24, 2.45) is 17.3 Å². The third-order valence-electron chi connectivity index (χ3n) is 7.51. The molecule has 0 saturated heterocycles. The number of methoxy groups -OCH3 is 1. The number of fused-ring (bicyclic) bond motifs is 1. The summed E-state index contributed by atoms with van der Waals surface area (Å²) in [7, 11) is 1.52. The number of carboxylic acid groups (broad SMARTS) is 1. The summed E-state index contributed by atoms with van der Waals surface area (Å²) in [5.41, 5.74) is 3.29. The van der Waals surface area contributed by atoms with Crippen LogP contribution in [-0.2, 0) is 28.9 Å². The highest BCUT2D eigenvalue weighted by Crippen LogP contribution is 2.39. The molecule has 1 saturated carbocycles. The summed E-state index contributed by atoms with van der Waals surface area (Å²) in [5, 5.41) is 12.8. The van der Waals surface area contributed by atoms with E-state index in [4.69, 9.17) is 9.72 Å². The van der Waals surface area contributed by atoms with Crippen molar-refractivity contribution in [2.75, 3.05) is 7.11 Å². The number of ether oxygens (including phenoxy) is 1. The van der Waals surface area contributed by atoms with Crippen molar-refractivity contribution in [1.29, 1.82) is 0 Å². The van der Waals surface area contributed by atoms with Crippen LogP contribution in [-0.4, -0.2) is 34.1 Å². The van der Waals surface area contributed by atoms with Crippen LogP contribution in [0.4, 0.5) is 0 Å². The number of carbonyl (C=O) groups excluding carboxylic acids is 1. The summed E-state index contributed by atoms with van der Waals surface area (Å²) in [6.07, 6.45) is 9.94. The number of hydrogen-bond donors (Lipinski definition) is 2. The van der Waals surface area contributed by atoms with E-state index in [1.165, 1.54) is 31.2 Å². The second-order valence-electron chi connectivity index (χ2n) is 10.3. The molecule has 0 radical (unpaired) electrons. The quantitative estimate of drug-likeness (QED) is 0.573. The van der Waals surface area contributed by atoms with Crippen LogP contribution in [0, 0.1) is 17.3 Å². The van der Waals surface area contributed by atoms with Crippen molar-refractivity contribution in [1.82, 2.24) is 15.3 Å². The third kappa shape index (κ3) is 5.24. The van der Waals surface area contributed by atoms with E-state index in [2.05, 4.69) is 22.4 Å². The highest BCUT2D eigenvalue weighted by atomic mass is 16.5. The van der Waals surface area contributed by atoms with Gasteiger partial charge in [-0.1, -0.05) is 12.1 Å². The molecule has 2 N–H and O–H groups in total. The van der Waals surface area contributed by atoms with Gasteiger partial charge in [0.15, 0.2) is 0 Å². The number of pyridine rings is 2. The van der Waals surface area contributed by atoms with E-state index in [0.29, 0.717) is 17.4 Å². The lowest BCUT2D eigenvalue weighted by atomic mass is 9.71. The molecule has 0 bridgehead atoms. The molecule has 1 amide bonds. The Kier molecular flexibility index (Phi) is 7.19. The zero-order valence-electron chi connectivity index (χ0n) is 20.3. The van der Waals surface area contributed by atoms with Gasteiger partial charge >= 0.3 is 5.97 Å². The molecule has 4 rings (SSSR count). The minimum absolute atomic E-state index is 0.0835. The number of carbonyl (C=O) groups is 2. The second-order valence-corrected chi connectivity index (χ2v) is 10.3. The number of hydrogen-bond acceptors (Lipinski definition) is 5. The number of rotatable bonds is 9. The molecule has 0 aliphatic heterocycles. The molecule has 0 aromatic carbocycles. The van der Waals surface area contributed by atoms with E-state index in [1.54, 1.807) is 32.2 Å². The molecular formula is C27H35N3O4. The van der Waals surface area contributed by atoms with Crippen molar-refractivity contribution in [3.8, 4) is 5.88 Å². The SMILES string of the molecule is COc1ccc(C(NC(=O)C2CC(CCc3ccc4c(n3)CCCC4)C2)C(C)(C)C(=O)O)cn1. The zero-order valence-corrected chi connectivity index (χ0v) is 20.3. The van der Waals surface area contributed by atoms with Crippen LogP contribution in [0.25, 0.3) is 0 Å². The fourth-order valence-corrected chi connectivity index (χ4v) is 5.05. The fourth-order valence-electron chi connectivity index (χ4n) is 5.05. The summed E-state index contributed by atoms with van der Waals surface area (Å²) in [6, 6.07) is 7.16. The molecule has 1 atom stereocenters. The van der Waals surface area contributed by atoms with E-state index < -0.39 is 17.4 Å². The fraction of sp³-hybridized carbons (Fsp3) is 0.556. The average Bonchev–Trinajstić information content (AvgIpc) is 2.81. The third-order valence-corrected chi connectivity index (χ3v) is 7.51. The Morgan fingerprint density at radius 3 is 2.62 bits per heavy atom. The van der Waals surface area contributed by atoms with Crippen LogP contribution in [0.5, 0.6) is 5.88 Å². The van der Waals surface area contributed by atoms with Crippen LogP contribution in [0.15, 0.2) is 30.5 Å². The molecule has 0 spiro atoms. The first-order chi connectivity index (χ1) is 16.3. The van der Waals surface area contributed by atoms with Gasteiger partial charge in [-0.05, 0) is 88.3 Å². The summed E-state index contributed by atoms with van der Waals surface area (Å²) in [4.78, 5) is 34.0. The number of aliphatic carboxylic acids is 1. The molecule has 1 fully saturated rings. The predicted octanol–water partition coefficient (Wildman–Crippen LogP) is 4.29. The van der Waals surface area contributed by atoms with Crippen molar-refractivity contribution in [3.05, 3.63) is 53.0 Å². The first kappa shape index (κ1) is 24.2. The van der Waals surface area contributed by atoms with Gasteiger partial charge in [0.1, 0.15) is 0 Å².